The molecule has 0 bridgehead atoms. The van der Waals surface area contributed by atoms with E-state index in [0.29, 0.717) is 19.1 Å². The van der Waals surface area contributed by atoms with Crippen molar-refractivity contribution < 1.29 is 8.42 Å². The van der Waals surface area contributed by atoms with Crippen molar-refractivity contribution in [2.45, 2.75) is 46.1 Å². The lowest BCUT2D eigenvalue weighted by atomic mass is 9.91. The maximum absolute atomic E-state index is 11.6. The lowest BCUT2D eigenvalue weighted by molar-refractivity contribution is 0.350. The summed E-state index contributed by atoms with van der Waals surface area (Å²) in [7, 11) is -3.11. The zero-order valence-electron chi connectivity index (χ0n) is 10.5. The van der Waals surface area contributed by atoms with E-state index in [0.717, 1.165) is 6.42 Å². The van der Waals surface area contributed by atoms with E-state index in [4.69, 9.17) is 0 Å². The van der Waals surface area contributed by atoms with Crippen LogP contribution in [0.15, 0.2) is 0 Å². The van der Waals surface area contributed by atoms with Crippen molar-refractivity contribution in [1.82, 2.24) is 10.0 Å². The van der Waals surface area contributed by atoms with E-state index in [1.54, 1.807) is 0 Å². The third kappa shape index (κ3) is 5.82. The van der Waals surface area contributed by atoms with Crippen LogP contribution in [0.1, 0.15) is 40.0 Å². The minimum atomic E-state index is -3.11. The van der Waals surface area contributed by atoms with E-state index in [2.05, 4.69) is 30.8 Å². The van der Waals surface area contributed by atoms with E-state index >= 15 is 0 Å². The predicted octanol–water partition coefficient (Wildman–Crippen LogP) is 1.09. The topological polar surface area (TPSA) is 58.2 Å². The third-order valence-corrected chi connectivity index (χ3v) is 4.43. The Morgan fingerprint density at radius 1 is 1.31 bits per heavy atom. The first-order valence-electron chi connectivity index (χ1n) is 6.05. The lowest BCUT2D eigenvalue weighted by Gasteiger charge is -2.22. The van der Waals surface area contributed by atoms with Gasteiger partial charge in [-0.3, -0.25) is 0 Å². The fourth-order valence-electron chi connectivity index (χ4n) is 1.19. The molecule has 0 aliphatic heterocycles. The molecule has 1 saturated carbocycles. The van der Waals surface area contributed by atoms with Crippen molar-refractivity contribution in [3.8, 4) is 0 Å². The molecule has 0 aromatic carbocycles. The highest BCUT2D eigenvalue weighted by Crippen LogP contribution is 2.19. The Bertz CT molecular complexity index is 308. The Hall–Kier alpha value is -0.130. The van der Waals surface area contributed by atoms with Crippen molar-refractivity contribution in [3.05, 3.63) is 0 Å². The van der Waals surface area contributed by atoms with Crippen LogP contribution in [-0.4, -0.2) is 33.3 Å². The molecular weight excluding hydrogens is 224 g/mol. The monoisotopic (exact) mass is 248 g/mol. The van der Waals surface area contributed by atoms with Crippen molar-refractivity contribution in [2.24, 2.45) is 5.41 Å². The predicted molar refractivity (Wildman–Crippen MR) is 66.9 cm³/mol. The zero-order valence-corrected chi connectivity index (χ0v) is 11.4. The summed E-state index contributed by atoms with van der Waals surface area (Å²) in [5.41, 5.74) is 0.0387. The van der Waals surface area contributed by atoms with E-state index in [1.807, 2.05) is 0 Å². The molecule has 2 N–H and O–H groups in total. The van der Waals surface area contributed by atoms with E-state index < -0.39 is 10.0 Å². The van der Waals surface area contributed by atoms with Gasteiger partial charge in [0.2, 0.25) is 10.0 Å². The molecule has 0 heterocycles. The van der Waals surface area contributed by atoms with Gasteiger partial charge in [-0.05, 0) is 24.7 Å². The normalized spacial score (nSPS) is 17.7. The molecule has 0 saturated heterocycles. The molecule has 0 spiro atoms. The Morgan fingerprint density at radius 3 is 2.44 bits per heavy atom. The second-order valence-corrected chi connectivity index (χ2v) is 7.31. The van der Waals surface area contributed by atoms with Gasteiger partial charge in [-0.15, -0.1) is 0 Å². The maximum atomic E-state index is 11.6. The first-order chi connectivity index (χ1) is 7.35. The van der Waals surface area contributed by atoms with E-state index in [-0.39, 0.29) is 11.2 Å². The Kier molecular flexibility index (Phi) is 4.76. The molecular formula is C11H24N2O2S. The summed E-state index contributed by atoms with van der Waals surface area (Å²) in [5.74, 6) is 0.184. The summed E-state index contributed by atoms with van der Waals surface area (Å²) in [5, 5.41) is 3.20. The van der Waals surface area contributed by atoms with Gasteiger partial charge in [0, 0.05) is 19.1 Å². The Morgan fingerprint density at radius 2 is 1.94 bits per heavy atom. The van der Waals surface area contributed by atoms with Crippen LogP contribution in [0.5, 0.6) is 0 Å². The highest BCUT2D eigenvalue weighted by atomic mass is 32.2. The minimum Gasteiger partial charge on any atom is -0.313 e. The summed E-state index contributed by atoms with van der Waals surface area (Å²) < 4.78 is 26.0. The zero-order chi connectivity index (χ0) is 12.2. The molecule has 1 aliphatic rings. The van der Waals surface area contributed by atoms with Crippen LogP contribution in [0, 0.1) is 5.41 Å². The average Bonchev–Trinajstić information content (AvgIpc) is 2.99. The number of rotatable bonds is 8. The van der Waals surface area contributed by atoms with Crippen LogP contribution in [0.4, 0.5) is 0 Å². The van der Waals surface area contributed by atoms with Gasteiger partial charge in [-0.25, -0.2) is 13.1 Å². The molecule has 16 heavy (non-hydrogen) atoms. The molecule has 1 fully saturated rings. The molecule has 0 aromatic rings. The largest absolute Gasteiger partial charge is 0.313 e. The van der Waals surface area contributed by atoms with Crippen molar-refractivity contribution in [1.29, 1.82) is 0 Å². The highest BCUT2D eigenvalue weighted by molar-refractivity contribution is 7.89. The van der Waals surface area contributed by atoms with Gasteiger partial charge in [0.05, 0.1) is 5.75 Å². The van der Waals surface area contributed by atoms with Gasteiger partial charge >= 0.3 is 0 Å². The fraction of sp³-hybridized carbons (Fsp3) is 1.00. The van der Waals surface area contributed by atoms with Crippen LogP contribution in [0.3, 0.4) is 0 Å². The minimum absolute atomic E-state index is 0.0387. The SMILES string of the molecule is CCC(C)(C)CNS(=O)(=O)CCNC1CC1. The van der Waals surface area contributed by atoms with Crippen LogP contribution in [-0.2, 0) is 10.0 Å². The molecule has 1 rings (SSSR count). The summed E-state index contributed by atoms with van der Waals surface area (Å²) >= 11 is 0. The fourth-order valence-corrected chi connectivity index (χ4v) is 2.33. The van der Waals surface area contributed by atoms with Gasteiger partial charge in [0.25, 0.3) is 0 Å². The summed E-state index contributed by atoms with van der Waals surface area (Å²) in [6.07, 6.45) is 3.35. The van der Waals surface area contributed by atoms with Gasteiger partial charge < -0.3 is 5.32 Å². The molecule has 0 unspecified atom stereocenters. The average molecular weight is 248 g/mol. The third-order valence-electron chi connectivity index (χ3n) is 3.11. The van der Waals surface area contributed by atoms with Crippen LogP contribution in [0.2, 0.25) is 0 Å². The molecule has 1 aliphatic carbocycles. The van der Waals surface area contributed by atoms with Crippen LogP contribution >= 0.6 is 0 Å². The van der Waals surface area contributed by atoms with Gasteiger partial charge in [-0.1, -0.05) is 20.8 Å². The number of hydrogen-bond acceptors (Lipinski definition) is 3. The molecule has 96 valence electrons. The second-order valence-electron chi connectivity index (χ2n) is 5.39. The smallest absolute Gasteiger partial charge is 0.212 e. The first kappa shape index (κ1) is 13.9. The molecule has 4 nitrogen and oxygen atoms in total. The van der Waals surface area contributed by atoms with Crippen LogP contribution < -0.4 is 10.0 Å². The Balaban J connectivity index is 2.21. The highest BCUT2D eigenvalue weighted by Gasteiger charge is 2.22. The number of nitrogens with one attached hydrogen (secondary N) is 2. The quantitative estimate of drug-likeness (QED) is 0.676. The lowest BCUT2D eigenvalue weighted by Crippen LogP contribution is -2.37. The molecule has 0 radical (unpaired) electrons. The maximum Gasteiger partial charge on any atom is 0.212 e. The van der Waals surface area contributed by atoms with E-state index in [1.165, 1.54) is 12.8 Å². The summed E-state index contributed by atoms with van der Waals surface area (Å²) in [4.78, 5) is 0. The van der Waals surface area contributed by atoms with Gasteiger partial charge in [0.15, 0.2) is 0 Å². The van der Waals surface area contributed by atoms with Crippen LogP contribution in [0.25, 0.3) is 0 Å². The number of hydrogen-bond donors (Lipinski definition) is 2. The number of sulfonamides is 1. The summed E-state index contributed by atoms with van der Waals surface area (Å²) in [6.45, 7) is 7.29. The Labute approximate surface area is 99.2 Å². The van der Waals surface area contributed by atoms with E-state index in [9.17, 15) is 8.42 Å². The van der Waals surface area contributed by atoms with Crippen molar-refractivity contribution in [2.75, 3.05) is 18.8 Å². The first-order valence-corrected chi connectivity index (χ1v) is 7.70. The summed E-state index contributed by atoms with van der Waals surface area (Å²) in [6, 6.07) is 0.572. The molecule has 5 heteroatoms. The second kappa shape index (κ2) is 5.47. The van der Waals surface area contributed by atoms with Gasteiger partial charge in [-0.2, -0.15) is 0 Å². The van der Waals surface area contributed by atoms with Crippen molar-refractivity contribution >= 4 is 10.0 Å². The standard InChI is InChI=1S/C11H24N2O2S/c1-4-11(2,3)9-13-16(14,15)8-7-12-10-5-6-10/h10,12-13H,4-9H2,1-3H3. The molecule has 0 atom stereocenters. The molecule has 0 aromatic heterocycles. The van der Waals surface area contributed by atoms with Gasteiger partial charge in [0.1, 0.15) is 0 Å². The van der Waals surface area contributed by atoms with Crippen molar-refractivity contribution in [3.63, 3.8) is 0 Å². The molecule has 0 amide bonds.